The van der Waals surface area contributed by atoms with E-state index in [4.69, 9.17) is 23.2 Å². The summed E-state index contributed by atoms with van der Waals surface area (Å²) in [6.45, 7) is 0. The van der Waals surface area contributed by atoms with E-state index in [1.165, 1.54) is 16.8 Å². The van der Waals surface area contributed by atoms with Crippen molar-refractivity contribution in [1.82, 2.24) is 25.1 Å². The normalized spacial score (nSPS) is 15.2. The van der Waals surface area contributed by atoms with Gasteiger partial charge in [0.25, 0.3) is 5.56 Å². The molecule has 1 saturated carbocycles. The summed E-state index contributed by atoms with van der Waals surface area (Å²) in [6.07, 6.45) is 1.98. The first-order valence-electron chi connectivity index (χ1n) is 7.87. The second-order valence-electron chi connectivity index (χ2n) is 6.07. The summed E-state index contributed by atoms with van der Waals surface area (Å²) in [5.41, 5.74) is -0.202. The number of carbonyl (C=O) groups is 1. The Bertz CT molecular complexity index is 1060. The number of aromatic amines is 1. The van der Waals surface area contributed by atoms with Crippen molar-refractivity contribution in [2.45, 2.75) is 18.9 Å². The van der Waals surface area contributed by atoms with Crippen LogP contribution in [0.1, 0.15) is 24.7 Å². The average Bonchev–Trinajstić information content (AvgIpc) is 3.30. The van der Waals surface area contributed by atoms with Gasteiger partial charge in [-0.1, -0.05) is 23.2 Å². The molecular weight excluding hydrogens is 381 g/mol. The highest BCUT2D eigenvalue weighted by Gasteiger charge is 2.37. The Morgan fingerprint density at radius 1 is 1.31 bits per heavy atom. The molecule has 3 aromatic rings. The average molecular weight is 394 g/mol. The summed E-state index contributed by atoms with van der Waals surface area (Å²) in [4.78, 5) is 29.0. The van der Waals surface area contributed by atoms with Crippen LogP contribution in [-0.2, 0) is 0 Å². The van der Waals surface area contributed by atoms with E-state index in [1.54, 1.807) is 12.1 Å². The molecule has 1 aliphatic carbocycles. The SMILES string of the molecule is O=C(O)NC(c1nc2c(Cl)ccc(Cl)c2c(=O)n1-c1ccn[nH]1)C1CC1. The Morgan fingerprint density at radius 3 is 2.65 bits per heavy atom. The van der Waals surface area contributed by atoms with E-state index >= 15 is 0 Å². The van der Waals surface area contributed by atoms with E-state index in [0.29, 0.717) is 5.82 Å². The van der Waals surface area contributed by atoms with Gasteiger partial charge in [0.1, 0.15) is 11.6 Å². The predicted octanol–water partition coefficient (Wildman–Crippen LogP) is 3.13. The molecule has 4 rings (SSSR count). The largest absolute Gasteiger partial charge is 0.465 e. The number of amides is 1. The molecule has 1 aromatic carbocycles. The maximum Gasteiger partial charge on any atom is 0.405 e. The molecule has 1 atom stereocenters. The van der Waals surface area contributed by atoms with E-state index in [0.717, 1.165) is 12.8 Å². The summed E-state index contributed by atoms with van der Waals surface area (Å²) in [5, 5.41) is 19.0. The lowest BCUT2D eigenvalue weighted by Gasteiger charge is -2.21. The van der Waals surface area contributed by atoms with Gasteiger partial charge in [-0.3, -0.25) is 9.89 Å². The molecule has 1 fully saturated rings. The molecule has 0 aliphatic heterocycles. The van der Waals surface area contributed by atoms with Gasteiger partial charge in [-0.15, -0.1) is 0 Å². The smallest absolute Gasteiger partial charge is 0.405 e. The Hall–Kier alpha value is -2.58. The van der Waals surface area contributed by atoms with Crippen molar-refractivity contribution >= 4 is 40.2 Å². The first-order valence-corrected chi connectivity index (χ1v) is 8.63. The molecule has 134 valence electrons. The third kappa shape index (κ3) is 2.81. The third-order valence-corrected chi connectivity index (χ3v) is 4.95. The molecule has 1 amide bonds. The van der Waals surface area contributed by atoms with E-state index in [1.807, 2.05) is 0 Å². The van der Waals surface area contributed by atoms with E-state index in [2.05, 4.69) is 20.5 Å². The monoisotopic (exact) mass is 393 g/mol. The fraction of sp³-hybridized carbons (Fsp3) is 0.250. The zero-order valence-electron chi connectivity index (χ0n) is 13.2. The van der Waals surface area contributed by atoms with Gasteiger partial charge in [0.15, 0.2) is 0 Å². The molecule has 1 unspecified atom stereocenters. The summed E-state index contributed by atoms with van der Waals surface area (Å²) in [5.74, 6) is 0.677. The van der Waals surface area contributed by atoms with Gasteiger partial charge in [0.2, 0.25) is 0 Å². The van der Waals surface area contributed by atoms with Crippen LogP contribution >= 0.6 is 23.2 Å². The first kappa shape index (κ1) is 16.9. The van der Waals surface area contributed by atoms with Gasteiger partial charge in [0.05, 0.1) is 33.2 Å². The lowest BCUT2D eigenvalue weighted by atomic mass is 10.1. The van der Waals surface area contributed by atoms with Crippen molar-refractivity contribution in [3.63, 3.8) is 0 Å². The summed E-state index contributed by atoms with van der Waals surface area (Å²) in [6, 6.07) is 4.03. The molecule has 0 saturated heterocycles. The Kier molecular flexibility index (Phi) is 4.08. The highest BCUT2D eigenvalue weighted by atomic mass is 35.5. The number of hydrogen-bond acceptors (Lipinski definition) is 4. The quantitative estimate of drug-likeness (QED) is 0.629. The number of aromatic nitrogens is 4. The number of benzene rings is 1. The maximum atomic E-state index is 13.2. The molecular formula is C16H13Cl2N5O3. The van der Waals surface area contributed by atoms with Crippen molar-refractivity contribution in [2.24, 2.45) is 5.92 Å². The lowest BCUT2D eigenvalue weighted by Crippen LogP contribution is -2.35. The second kappa shape index (κ2) is 6.30. The molecule has 0 bridgehead atoms. The zero-order valence-corrected chi connectivity index (χ0v) is 14.8. The number of fused-ring (bicyclic) bond motifs is 1. The highest BCUT2D eigenvalue weighted by molar-refractivity contribution is 6.39. The van der Waals surface area contributed by atoms with Crippen LogP contribution < -0.4 is 10.9 Å². The number of nitrogens with zero attached hydrogens (tertiary/aromatic N) is 3. The van der Waals surface area contributed by atoms with Crippen molar-refractivity contribution in [1.29, 1.82) is 0 Å². The van der Waals surface area contributed by atoms with Crippen molar-refractivity contribution in [2.75, 3.05) is 0 Å². The van der Waals surface area contributed by atoms with Crippen LogP contribution in [0.5, 0.6) is 0 Å². The van der Waals surface area contributed by atoms with Gasteiger partial charge in [-0.2, -0.15) is 5.10 Å². The minimum atomic E-state index is -1.19. The second-order valence-corrected chi connectivity index (χ2v) is 6.88. The lowest BCUT2D eigenvalue weighted by molar-refractivity contribution is 0.187. The summed E-state index contributed by atoms with van der Waals surface area (Å²) < 4.78 is 1.30. The molecule has 10 heteroatoms. The van der Waals surface area contributed by atoms with Crippen molar-refractivity contribution in [3.8, 4) is 5.82 Å². The fourth-order valence-corrected chi connectivity index (χ4v) is 3.44. The van der Waals surface area contributed by atoms with Gasteiger partial charge >= 0.3 is 6.09 Å². The van der Waals surface area contributed by atoms with Crippen molar-refractivity contribution < 1.29 is 9.90 Å². The molecule has 0 radical (unpaired) electrons. The number of hydrogen-bond donors (Lipinski definition) is 3. The van der Waals surface area contributed by atoms with Crippen LogP contribution in [-0.4, -0.2) is 30.9 Å². The van der Waals surface area contributed by atoms with Crippen LogP contribution in [0.15, 0.2) is 29.2 Å². The Labute approximate surface area is 156 Å². The van der Waals surface area contributed by atoms with Crippen LogP contribution in [0.2, 0.25) is 10.0 Å². The maximum absolute atomic E-state index is 13.2. The van der Waals surface area contributed by atoms with E-state index in [-0.39, 0.29) is 32.7 Å². The minimum Gasteiger partial charge on any atom is -0.465 e. The first-order chi connectivity index (χ1) is 12.5. The zero-order chi connectivity index (χ0) is 18.4. The minimum absolute atomic E-state index is 0.0579. The molecule has 8 nitrogen and oxygen atoms in total. The van der Waals surface area contributed by atoms with E-state index in [9.17, 15) is 14.7 Å². The molecule has 2 heterocycles. The number of rotatable bonds is 4. The number of halogens is 2. The molecule has 1 aliphatic rings. The number of nitrogens with one attached hydrogen (secondary N) is 2. The van der Waals surface area contributed by atoms with Gasteiger partial charge < -0.3 is 10.4 Å². The number of H-pyrrole nitrogens is 1. The standard InChI is InChI=1S/C16H13Cl2N5O3/c17-8-3-4-9(18)13-11(8)15(24)23(10-5-6-19-22-10)14(20-13)12(7-1-2-7)21-16(25)26/h3-7,12,21H,1-2H2,(H,19,22)(H,25,26). The number of carboxylic acid groups (broad SMARTS) is 1. The molecule has 26 heavy (non-hydrogen) atoms. The topological polar surface area (TPSA) is 113 Å². The summed E-state index contributed by atoms with van der Waals surface area (Å²) >= 11 is 12.4. The van der Waals surface area contributed by atoms with E-state index < -0.39 is 17.7 Å². The Balaban J connectivity index is 2.07. The van der Waals surface area contributed by atoms with Gasteiger partial charge in [-0.25, -0.2) is 14.3 Å². The van der Waals surface area contributed by atoms with Gasteiger partial charge in [-0.05, 0) is 30.9 Å². The fourth-order valence-electron chi connectivity index (χ4n) is 3.00. The van der Waals surface area contributed by atoms with Crippen LogP contribution in [0.25, 0.3) is 16.7 Å². The Morgan fingerprint density at radius 2 is 2.04 bits per heavy atom. The summed E-state index contributed by atoms with van der Waals surface area (Å²) in [7, 11) is 0. The predicted molar refractivity (Wildman–Crippen MR) is 96.1 cm³/mol. The van der Waals surface area contributed by atoms with Crippen LogP contribution in [0, 0.1) is 5.92 Å². The van der Waals surface area contributed by atoms with Gasteiger partial charge in [0, 0.05) is 6.07 Å². The van der Waals surface area contributed by atoms with Crippen LogP contribution in [0.3, 0.4) is 0 Å². The van der Waals surface area contributed by atoms with Crippen molar-refractivity contribution in [3.05, 3.63) is 50.6 Å². The third-order valence-electron chi connectivity index (χ3n) is 4.33. The molecule has 2 aromatic heterocycles. The highest BCUT2D eigenvalue weighted by Crippen LogP contribution is 2.41. The molecule has 3 N–H and O–H groups in total. The van der Waals surface area contributed by atoms with Crippen LogP contribution in [0.4, 0.5) is 4.79 Å². The molecule has 0 spiro atoms.